The quantitative estimate of drug-likeness (QED) is 0.331. The van der Waals surface area contributed by atoms with Crippen LogP contribution in [0, 0.1) is 21.4 Å². The van der Waals surface area contributed by atoms with Gasteiger partial charge in [0.15, 0.2) is 0 Å². The lowest BCUT2D eigenvalue weighted by atomic mass is 10.0. The monoisotopic (exact) mass is 343 g/mol. The Morgan fingerprint density at radius 1 is 1.08 bits per heavy atom. The highest BCUT2D eigenvalue weighted by molar-refractivity contribution is 6.10. The number of hydrogen-bond acceptors (Lipinski definition) is 4. The van der Waals surface area contributed by atoms with Crippen LogP contribution >= 0.6 is 0 Å². The van der Waals surface area contributed by atoms with Gasteiger partial charge in [-0.1, -0.05) is 48.5 Å². The predicted octanol–water partition coefficient (Wildman–Crippen LogP) is 4.29. The molecule has 3 rings (SSSR count). The maximum Gasteiger partial charge on any atom is 0.271 e. The first-order valence-electron chi connectivity index (χ1n) is 7.74. The number of nitro benzene ring substituents is 1. The van der Waals surface area contributed by atoms with Crippen molar-refractivity contribution in [3.05, 3.63) is 88.0 Å². The summed E-state index contributed by atoms with van der Waals surface area (Å²) in [5, 5.41) is 24.6. The number of carbonyl (C=O) groups is 1. The van der Waals surface area contributed by atoms with Crippen molar-refractivity contribution in [3.63, 3.8) is 0 Å². The molecule has 3 aromatic carbocycles. The zero-order valence-electron chi connectivity index (χ0n) is 13.5. The van der Waals surface area contributed by atoms with E-state index in [2.05, 4.69) is 5.32 Å². The van der Waals surface area contributed by atoms with E-state index in [-0.39, 0.29) is 16.9 Å². The van der Waals surface area contributed by atoms with Crippen molar-refractivity contribution in [1.82, 2.24) is 0 Å². The molecule has 0 unspecified atom stereocenters. The Morgan fingerprint density at radius 2 is 1.81 bits per heavy atom. The molecule has 0 atom stereocenters. The van der Waals surface area contributed by atoms with E-state index in [0.29, 0.717) is 0 Å². The fourth-order valence-corrected chi connectivity index (χ4v) is 2.58. The molecule has 1 amide bonds. The number of non-ortho nitro benzene ring substituents is 1. The summed E-state index contributed by atoms with van der Waals surface area (Å²) in [6.45, 7) is 0. The summed E-state index contributed by atoms with van der Waals surface area (Å²) >= 11 is 0. The Balaban J connectivity index is 1.92. The summed E-state index contributed by atoms with van der Waals surface area (Å²) in [5.74, 6) is -0.624. The Kier molecular flexibility index (Phi) is 4.72. The smallest absolute Gasteiger partial charge is 0.271 e. The Morgan fingerprint density at radius 3 is 2.58 bits per heavy atom. The molecule has 6 nitrogen and oxygen atoms in total. The number of nitro groups is 1. The van der Waals surface area contributed by atoms with E-state index in [4.69, 9.17) is 0 Å². The molecule has 26 heavy (non-hydrogen) atoms. The van der Waals surface area contributed by atoms with Gasteiger partial charge in [0.2, 0.25) is 0 Å². The second-order valence-electron chi connectivity index (χ2n) is 5.50. The zero-order valence-corrected chi connectivity index (χ0v) is 13.5. The third-order valence-electron chi connectivity index (χ3n) is 3.80. The summed E-state index contributed by atoms with van der Waals surface area (Å²) in [4.78, 5) is 22.7. The van der Waals surface area contributed by atoms with E-state index in [1.807, 2.05) is 48.5 Å². The Labute approximate surface area is 149 Å². The molecular weight excluding hydrogens is 330 g/mol. The molecule has 126 valence electrons. The van der Waals surface area contributed by atoms with Gasteiger partial charge in [-0.25, -0.2) is 0 Å². The molecule has 0 spiro atoms. The van der Waals surface area contributed by atoms with Gasteiger partial charge in [0.05, 0.1) is 4.92 Å². The normalized spacial score (nSPS) is 11.0. The highest BCUT2D eigenvalue weighted by Gasteiger charge is 2.12. The molecular formula is C20H13N3O3. The number of carbonyl (C=O) groups excluding carboxylic acids is 1. The molecule has 0 aliphatic heterocycles. The second-order valence-corrected chi connectivity index (χ2v) is 5.50. The average molecular weight is 343 g/mol. The van der Waals surface area contributed by atoms with Crippen molar-refractivity contribution >= 4 is 34.1 Å². The molecule has 0 heterocycles. The maximum absolute atomic E-state index is 12.4. The van der Waals surface area contributed by atoms with E-state index < -0.39 is 10.8 Å². The van der Waals surface area contributed by atoms with Crippen LogP contribution in [0.5, 0.6) is 0 Å². The highest BCUT2D eigenvalue weighted by atomic mass is 16.6. The molecule has 0 aromatic heterocycles. The van der Waals surface area contributed by atoms with Crippen molar-refractivity contribution in [2.24, 2.45) is 0 Å². The first kappa shape index (κ1) is 16.9. The van der Waals surface area contributed by atoms with Crippen LogP contribution in [0.3, 0.4) is 0 Å². The van der Waals surface area contributed by atoms with Crippen LogP contribution in [0.1, 0.15) is 5.56 Å². The van der Waals surface area contributed by atoms with Gasteiger partial charge >= 0.3 is 0 Å². The lowest BCUT2D eigenvalue weighted by Gasteiger charge is -2.05. The third-order valence-corrected chi connectivity index (χ3v) is 3.80. The van der Waals surface area contributed by atoms with Crippen molar-refractivity contribution in [2.45, 2.75) is 0 Å². The molecule has 0 radical (unpaired) electrons. The largest absolute Gasteiger partial charge is 0.321 e. The van der Waals surface area contributed by atoms with E-state index in [0.717, 1.165) is 16.3 Å². The van der Waals surface area contributed by atoms with Crippen LogP contribution < -0.4 is 5.32 Å². The number of nitrogens with one attached hydrogen (secondary N) is 1. The van der Waals surface area contributed by atoms with Crippen LogP contribution in [0.2, 0.25) is 0 Å². The summed E-state index contributed by atoms with van der Waals surface area (Å²) in [7, 11) is 0. The fourth-order valence-electron chi connectivity index (χ4n) is 2.58. The van der Waals surface area contributed by atoms with Gasteiger partial charge in [0.25, 0.3) is 11.6 Å². The van der Waals surface area contributed by atoms with Crippen LogP contribution in [0.4, 0.5) is 11.4 Å². The number of benzene rings is 3. The van der Waals surface area contributed by atoms with Crippen molar-refractivity contribution in [2.75, 3.05) is 5.32 Å². The molecule has 6 heteroatoms. The summed E-state index contributed by atoms with van der Waals surface area (Å²) in [6.07, 6.45) is 1.51. The second kappa shape index (κ2) is 7.28. The fraction of sp³-hybridized carbons (Fsp3) is 0. The molecule has 0 aliphatic rings. The van der Waals surface area contributed by atoms with Gasteiger partial charge in [0, 0.05) is 17.8 Å². The number of rotatable bonds is 4. The van der Waals surface area contributed by atoms with E-state index in [1.165, 1.54) is 30.3 Å². The molecule has 1 N–H and O–H groups in total. The minimum absolute atomic E-state index is 0.0899. The first-order valence-corrected chi connectivity index (χ1v) is 7.74. The molecule has 0 fully saturated rings. The zero-order chi connectivity index (χ0) is 18.5. The number of amides is 1. The van der Waals surface area contributed by atoms with Crippen molar-refractivity contribution < 1.29 is 9.72 Å². The Hall–Kier alpha value is -3.98. The average Bonchev–Trinajstić information content (AvgIpc) is 2.66. The number of fused-ring (bicyclic) bond motifs is 1. The lowest BCUT2D eigenvalue weighted by molar-refractivity contribution is -0.384. The summed E-state index contributed by atoms with van der Waals surface area (Å²) < 4.78 is 0. The SMILES string of the molecule is N#C/C(=C\c1cccc2ccccc12)C(=O)Nc1cccc([N+](=O)[O-])c1. The van der Waals surface area contributed by atoms with Crippen LogP contribution in [0.25, 0.3) is 16.8 Å². The highest BCUT2D eigenvalue weighted by Crippen LogP contribution is 2.22. The van der Waals surface area contributed by atoms with E-state index in [9.17, 15) is 20.2 Å². The summed E-state index contributed by atoms with van der Waals surface area (Å²) in [6, 6.07) is 20.7. The minimum atomic E-state index is -0.624. The molecule has 3 aromatic rings. The number of nitrogens with zero attached hydrogens (tertiary/aromatic N) is 2. The van der Waals surface area contributed by atoms with Crippen LogP contribution in [0.15, 0.2) is 72.3 Å². The standard InChI is InChI=1S/C20H13N3O3/c21-13-16(11-15-7-3-6-14-5-1-2-10-19(14)15)20(24)22-17-8-4-9-18(12-17)23(25)26/h1-12H,(H,22,24)/b16-11+. The van der Waals surface area contributed by atoms with Gasteiger partial charge < -0.3 is 5.32 Å². The minimum Gasteiger partial charge on any atom is -0.321 e. The Bertz CT molecular complexity index is 1080. The van der Waals surface area contributed by atoms with Gasteiger partial charge in [-0.2, -0.15) is 5.26 Å². The lowest BCUT2D eigenvalue weighted by Crippen LogP contribution is -2.13. The van der Waals surface area contributed by atoms with Gasteiger partial charge in [-0.3, -0.25) is 14.9 Å². The number of anilines is 1. The van der Waals surface area contributed by atoms with Gasteiger partial charge in [-0.15, -0.1) is 0 Å². The predicted molar refractivity (Wildman–Crippen MR) is 99.3 cm³/mol. The number of hydrogen-bond donors (Lipinski definition) is 1. The van der Waals surface area contributed by atoms with Gasteiger partial charge in [-0.05, 0) is 28.5 Å². The van der Waals surface area contributed by atoms with Crippen molar-refractivity contribution in [3.8, 4) is 6.07 Å². The van der Waals surface area contributed by atoms with Crippen molar-refractivity contribution in [1.29, 1.82) is 5.26 Å². The molecule has 0 saturated heterocycles. The van der Waals surface area contributed by atoms with E-state index in [1.54, 1.807) is 0 Å². The molecule has 0 aliphatic carbocycles. The third kappa shape index (κ3) is 3.57. The number of nitriles is 1. The molecule has 0 bridgehead atoms. The maximum atomic E-state index is 12.4. The van der Waals surface area contributed by atoms with Gasteiger partial charge in [0.1, 0.15) is 11.6 Å². The topological polar surface area (TPSA) is 96.0 Å². The van der Waals surface area contributed by atoms with Crippen LogP contribution in [-0.4, -0.2) is 10.8 Å². The van der Waals surface area contributed by atoms with E-state index >= 15 is 0 Å². The first-order chi connectivity index (χ1) is 12.6. The molecule has 0 saturated carbocycles. The summed E-state index contributed by atoms with van der Waals surface area (Å²) in [5.41, 5.74) is 0.768. The van der Waals surface area contributed by atoms with Crippen LogP contribution in [-0.2, 0) is 4.79 Å².